The first-order valence-electron chi connectivity index (χ1n) is 3.82. The van der Waals surface area contributed by atoms with E-state index >= 15 is 0 Å². The maximum atomic E-state index is 13.1. The second kappa shape index (κ2) is 4.50. The molecule has 1 nitrogen and oxygen atoms in total. The lowest BCUT2D eigenvalue weighted by Gasteiger charge is -2.14. The van der Waals surface area contributed by atoms with Gasteiger partial charge in [-0.15, -0.1) is 13.2 Å². The highest BCUT2D eigenvalue weighted by molar-refractivity contribution is 14.1. The predicted octanol–water partition coefficient (Wildman–Crippen LogP) is 4.35. The lowest BCUT2D eigenvalue weighted by atomic mass is 10.2. The molecule has 0 fully saturated rings. The summed E-state index contributed by atoms with van der Waals surface area (Å²) in [7, 11) is 0. The van der Waals surface area contributed by atoms with Crippen molar-refractivity contribution < 1.29 is 35.5 Å². The molecule has 0 aliphatic heterocycles. The van der Waals surface area contributed by atoms with E-state index in [0.29, 0.717) is 12.1 Å². The van der Waals surface area contributed by atoms with Gasteiger partial charge in [0.2, 0.25) is 0 Å². The Labute approximate surface area is 104 Å². The minimum absolute atomic E-state index is 0.226. The number of hydrogen-bond acceptors (Lipinski definition) is 1. The van der Waals surface area contributed by atoms with Crippen molar-refractivity contribution in [3.63, 3.8) is 0 Å². The Kier molecular flexibility index (Phi) is 3.79. The van der Waals surface area contributed by atoms with Crippen molar-refractivity contribution in [1.29, 1.82) is 0 Å². The highest BCUT2D eigenvalue weighted by atomic mass is 127. The van der Waals surface area contributed by atoms with Gasteiger partial charge in [-0.05, 0) is 34.7 Å². The largest absolute Gasteiger partial charge is 0.573 e. The quantitative estimate of drug-likeness (QED) is 0.525. The summed E-state index contributed by atoms with van der Waals surface area (Å²) in [6.45, 7) is 0. The van der Waals surface area contributed by atoms with Crippen molar-refractivity contribution >= 4 is 22.6 Å². The molecule has 0 atom stereocenters. The van der Waals surface area contributed by atoms with Crippen LogP contribution in [0.5, 0.6) is 5.75 Å². The van der Waals surface area contributed by atoms with Crippen LogP contribution in [0.15, 0.2) is 12.1 Å². The van der Waals surface area contributed by atoms with Crippen LogP contribution in [0.2, 0.25) is 0 Å². The SMILES string of the molecule is Fc1c(OC(F)(F)F)cc(I)cc1C(F)(F)F. The lowest BCUT2D eigenvalue weighted by molar-refractivity contribution is -0.275. The van der Waals surface area contributed by atoms with Crippen molar-refractivity contribution in [3.8, 4) is 5.75 Å². The summed E-state index contributed by atoms with van der Waals surface area (Å²) in [6, 6.07) is 0.914. The lowest BCUT2D eigenvalue weighted by Crippen LogP contribution is -2.19. The summed E-state index contributed by atoms with van der Waals surface area (Å²) in [5.41, 5.74) is -1.80. The van der Waals surface area contributed by atoms with Crippen LogP contribution in [0, 0.1) is 9.39 Å². The average molecular weight is 374 g/mol. The Morgan fingerprint density at radius 2 is 1.53 bits per heavy atom. The van der Waals surface area contributed by atoms with Gasteiger partial charge in [-0.25, -0.2) is 4.39 Å². The van der Waals surface area contributed by atoms with Gasteiger partial charge < -0.3 is 4.74 Å². The molecule has 0 unspecified atom stereocenters. The molecule has 96 valence electrons. The zero-order chi connectivity index (χ0) is 13.4. The first-order valence-corrected chi connectivity index (χ1v) is 4.90. The first-order chi connectivity index (χ1) is 7.50. The van der Waals surface area contributed by atoms with E-state index in [9.17, 15) is 30.7 Å². The normalized spacial score (nSPS) is 12.7. The number of rotatable bonds is 1. The van der Waals surface area contributed by atoms with Gasteiger partial charge in [-0.3, -0.25) is 0 Å². The third-order valence-electron chi connectivity index (χ3n) is 1.54. The molecule has 0 bridgehead atoms. The second-order valence-electron chi connectivity index (χ2n) is 2.81. The molecule has 0 aromatic heterocycles. The fraction of sp³-hybridized carbons (Fsp3) is 0.250. The monoisotopic (exact) mass is 374 g/mol. The van der Waals surface area contributed by atoms with Crippen LogP contribution >= 0.6 is 22.6 Å². The third kappa shape index (κ3) is 3.89. The topological polar surface area (TPSA) is 9.23 Å². The standard InChI is InChI=1S/C8H2F7IO/c9-6-4(7(10,11)12)1-3(16)2-5(6)17-8(13,14)15/h1-2H. The van der Waals surface area contributed by atoms with E-state index in [4.69, 9.17) is 0 Å². The summed E-state index contributed by atoms with van der Waals surface area (Å²) in [6.07, 6.45) is -10.3. The van der Waals surface area contributed by atoms with E-state index in [-0.39, 0.29) is 3.57 Å². The van der Waals surface area contributed by atoms with E-state index in [1.54, 1.807) is 0 Å². The van der Waals surface area contributed by atoms with Gasteiger partial charge in [0, 0.05) is 3.57 Å². The first kappa shape index (κ1) is 14.3. The van der Waals surface area contributed by atoms with E-state index in [2.05, 4.69) is 4.74 Å². The van der Waals surface area contributed by atoms with Gasteiger partial charge in [0.1, 0.15) is 0 Å². The number of benzene rings is 1. The Morgan fingerprint density at radius 1 is 1.00 bits per heavy atom. The second-order valence-corrected chi connectivity index (χ2v) is 4.06. The number of ether oxygens (including phenoxy) is 1. The fourth-order valence-corrected chi connectivity index (χ4v) is 1.56. The van der Waals surface area contributed by atoms with Crippen LogP contribution in [-0.4, -0.2) is 6.36 Å². The Bertz CT molecular complexity index is 423. The molecule has 0 aliphatic carbocycles. The molecule has 0 radical (unpaired) electrons. The molecule has 0 saturated carbocycles. The van der Waals surface area contributed by atoms with Crippen molar-refractivity contribution in [2.75, 3.05) is 0 Å². The number of hydrogen-bond donors (Lipinski definition) is 0. The number of halogens is 8. The molecule has 17 heavy (non-hydrogen) atoms. The Hall–Kier alpha value is -0.740. The molecular formula is C8H2F7IO. The molecule has 1 rings (SSSR count). The minimum Gasteiger partial charge on any atom is -0.403 e. The maximum absolute atomic E-state index is 13.1. The zero-order valence-electron chi connectivity index (χ0n) is 7.59. The summed E-state index contributed by atoms with van der Waals surface area (Å²) in [4.78, 5) is 0. The van der Waals surface area contributed by atoms with Crippen molar-refractivity contribution in [2.24, 2.45) is 0 Å². The molecular weight excluding hydrogens is 372 g/mol. The van der Waals surface area contributed by atoms with E-state index in [1.807, 2.05) is 0 Å². The Morgan fingerprint density at radius 3 is 1.94 bits per heavy atom. The predicted molar refractivity (Wildman–Crippen MR) is 50.8 cm³/mol. The minimum atomic E-state index is -5.26. The summed E-state index contributed by atoms with van der Waals surface area (Å²) in [5.74, 6) is -3.59. The average Bonchev–Trinajstić information content (AvgIpc) is 2.06. The van der Waals surface area contributed by atoms with Gasteiger partial charge in [0.15, 0.2) is 11.6 Å². The van der Waals surface area contributed by atoms with Gasteiger partial charge in [-0.2, -0.15) is 13.2 Å². The van der Waals surface area contributed by atoms with Crippen LogP contribution in [0.4, 0.5) is 30.7 Å². The van der Waals surface area contributed by atoms with Crippen LogP contribution < -0.4 is 4.74 Å². The Balaban J connectivity index is 3.29. The van der Waals surface area contributed by atoms with Crippen LogP contribution in [0.25, 0.3) is 0 Å². The van der Waals surface area contributed by atoms with Gasteiger partial charge >= 0.3 is 12.5 Å². The van der Waals surface area contributed by atoms with Gasteiger partial charge in [0.25, 0.3) is 0 Å². The fourth-order valence-electron chi connectivity index (χ4n) is 0.969. The number of alkyl halides is 6. The molecule has 0 saturated heterocycles. The zero-order valence-corrected chi connectivity index (χ0v) is 9.74. The molecule has 0 spiro atoms. The third-order valence-corrected chi connectivity index (χ3v) is 2.16. The van der Waals surface area contributed by atoms with Crippen LogP contribution in [0.3, 0.4) is 0 Å². The molecule has 1 aromatic carbocycles. The molecule has 1 aromatic rings. The van der Waals surface area contributed by atoms with E-state index in [0.717, 1.165) is 0 Å². The summed E-state index contributed by atoms with van der Waals surface area (Å²) < 4.78 is 88.3. The molecule has 0 N–H and O–H groups in total. The molecule has 9 heteroatoms. The van der Waals surface area contributed by atoms with Crippen molar-refractivity contribution in [3.05, 3.63) is 27.1 Å². The summed E-state index contributed by atoms with van der Waals surface area (Å²) in [5, 5.41) is 0. The molecule has 0 aliphatic rings. The van der Waals surface area contributed by atoms with E-state index in [1.165, 1.54) is 22.6 Å². The van der Waals surface area contributed by atoms with Gasteiger partial charge in [0.05, 0.1) is 5.56 Å². The van der Waals surface area contributed by atoms with E-state index < -0.39 is 29.7 Å². The highest BCUT2D eigenvalue weighted by Crippen LogP contribution is 2.37. The van der Waals surface area contributed by atoms with Crippen LogP contribution in [-0.2, 0) is 6.18 Å². The van der Waals surface area contributed by atoms with Crippen LogP contribution in [0.1, 0.15) is 5.56 Å². The maximum Gasteiger partial charge on any atom is 0.573 e. The molecule has 0 amide bonds. The van der Waals surface area contributed by atoms with Crippen molar-refractivity contribution in [2.45, 2.75) is 12.5 Å². The highest BCUT2D eigenvalue weighted by Gasteiger charge is 2.39. The van der Waals surface area contributed by atoms with Crippen molar-refractivity contribution in [1.82, 2.24) is 0 Å². The summed E-state index contributed by atoms with van der Waals surface area (Å²) >= 11 is 1.33. The van der Waals surface area contributed by atoms with Gasteiger partial charge in [-0.1, -0.05) is 0 Å². The smallest absolute Gasteiger partial charge is 0.403 e. The molecule has 0 heterocycles.